The Kier molecular flexibility index (Phi) is 17.3. The van der Waals surface area contributed by atoms with Crippen LogP contribution < -0.4 is 21.2 Å². The summed E-state index contributed by atoms with van der Waals surface area (Å²) in [5, 5.41) is 15.2. The first-order chi connectivity index (χ1) is 27.5. The van der Waals surface area contributed by atoms with E-state index in [0.717, 1.165) is 23.1 Å². The van der Waals surface area contributed by atoms with E-state index in [9.17, 15) is 0 Å². The number of hydrogen-bond donors (Lipinski definition) is 1. The third-order valence-corrected chi connectivity index (χ3v) is 14.6. The number of pyridine rings is 1. The molecular formula is C51H46IrN3P2+2. The number of allylic oxidation sites excluding steroid dienone is 1. The Labute approximate surface area is 354 Å². The van der Waals surface area contributed by atoms with Crippen LogP contribution in [0.25, 0.3) is 22.2 Å². The minimum Gasteiger partial charge on any atom is -0.697 e. The average Bonchev–Trinajstić information content (AvgIpc) is 3.27. The van der Waals surface area contributed by atoms with Crippen molar-refractivity contribution in [1.82, 2.24) is 4.98 Å². The summed E-state index contributed by atoms with van der Waals surface area (Å²) in [6.07, 6.45) is 5.37. The average molecular weight is 955 g/mol. The van der Waals surface area contributed by atoms with E-state index in [-0.39, 0.29) is 25.8 Å². The van der Waals surface area contributed by atoms with E-state index in [1.54, 1.807) is 13.1 Å². The molecule has 7 aromatic carbocycles. The van der Waals surface area contributed by atoms with Crippen LogP contribution in [-0.2, 0) is 32.4 Å². The predicted molar refractivity (Wildman–Crippen MR) is 246 cm³/mol. The van der Waals surface area contributed by atoms with Gasteiger partial charge in [0.2, 0.25) is 0 Å². The molecule has 0 spiro atoms. The number of rotatable bonds is 10. The van der Waals surface area contributed by atoms with Crippen molar-refractivity contribution < 1.29 is 20.1 Å². The van der Waals surface area contributed by atoms with Crippen molar-refractivity contribution in [1.29, 1.82) is 5.41 Å². The zero-order chi connectivity index (χ0) is 38.8. The van der Waals surface area contributed by atoms with E-state index in [0.29, 0.717) is 11.4 Å². The van der Waals surface area contributed by atoms with E-state index in [4.69, 9.17) is 11.1 Å². The summed E-state index contributed by atoms with van der Waals surface area (Å²) < 4.78 is 0. The fourth-order valence-electron chi connectivity index (χ4n) is 6.38. The summed E-state index contributed by atoms with van der Waals surface area (Å²) in [5.41, 5.74) is 11.8. The van der Waals surface area contributed by atoms with Gasteiger partial charge >= 0.3 is 20.1 Å². The Morgan fingerprint density at radius 2 is 0.930 bits per heavy atom. The van der Waals surface area contributed by atoms with Crippen LogP contribution in [-0.4, -0.2) is 10.7 Å². The van der Waals surface area contributed by atoms with Crippen molar-refractivity contribution in [2.45, 2.75) is 19.2 Å². The molecule has 8 rings (SSSR count). The summed E-state index contributed by atoms with van der Waals surface area (Å²) in [4.78, 5) is 4.21. The zero-order valence-corrected chi connectivity index (χ0v) is 36.3. The van der Waals surface area contributed by atoms with Gasteiger partial charge in [0.15, 0.2) is 0 Å². The molecule has 0 atom stereocenters. The predicted octanol–water partition coefficient (Wildman–Crippen LogP) is 11.4. The van der Waals surface area contributed by atoms with Gasteiger partial charge in [-0.2, -0.15) is 60.7 Å². The molecule has 0 amide bonds. The second kappa shape index (κ2) is 23.0. The minimum atomic E-state index is -0.783. The number of nitrogens with zero attached hydrogens (tertiary/aromatic N) is 1. The van der Waals surface area contributed by atoms with E-state index in [1.165, 1.54) is 38.4 Å². The largest absolute Gasteiger partial charge is 3.00 e. The standard InChI is InChI=1S/2C19H16P.C13H12N3.Ir/c2*1-4-10-17(11-5-1)16-20(18-12-6-2-7-13-18)19-14-8-3-9-15-19;1-9(14)8-12(15)13-11-5-3-2-4-10(11)6-7-16-13;/h2*1-10,12-15H,16H2;2-8,14-15H,1H3;/q3*-1;+3/p+2/b;;12-8-,14-9?;. The molecule has 0 aliphatic rings. The van der Waals surface area contributed by atoms with Gasteiger partial charge in [-0.05, 0) is 66.9 Å². The number of benzene rings is 7. The van der Waals surface area contributed by atoms with Crippen LogP contribution >= 0.6 is 15.8 Å². The second-order valence-electron chi connectivity index (χ2n) is 13.2. The maximum absolute atomic E-state index is 7.88. The van der Waals surface area contributed by atoms with Crippen molar-refractivity contribution in [2.24, 2.45) is 0 Å². The summed E-state index contributed by atoms with van der Waals surface area (Å²) in [6, 6.07) is 76.6. The van der Waals surface area contributed by atoms with E-state index in [2.05, 4.69) is 163 Å². The first-order valence-electron chi connectivity index (χ1n) is 18.7. The van der Waals surface area contributed by atoms with Gasteiger partial charge in [0.25, 0.3) is 0 Å². The van der Waals surface area contributed by atoms with E-state index in [1.807, 2.05) is 54.6 Å². The Morgan fingerprint density at radius 1 is 0.544 bits per heavy atom. The Hall–Kier alpha value is -5.33. The van der Waals surface area contributed by atoms with Gasteiger partial charge in [-0.3, -0.25) is 4.98 Å². The molecule has 3 nitrogen and oxygen atoms in total. The molecule has 0 saturated carbocycles. The van der Waals surface area contributed by atoms with Crippen molar-refractivity contribution in [3.05, 3.63) is 247 Å². The minimum absolute atomic E-state index is 0. The molecule has 282 valence electrons. The number of hydrogen-bond acceptors (Lipinski definition) is 2. The normalized spacial score (nSPS) is 10.8. The van der Waals surface area contributed by atoms with Crippen LogP contribution in [0.1, 0.15) is 23.7 Å². The number of nitrogens with one attached hydrogen (secondary N) is 2. The molecule has 0 saturated heterocycles. The molecule has 57 heavy (non-hydrogen) atoms. The number of fused-ring (bicyclic) bond motifs is 1. The van der Waals surface area contributed by atoms with Crippen LogP contribution in [0.3, 0.4) is 0 Å². The maximum Gasteiger partial charge on any atom is 3.00 e. The zero-order valence-electron chi connectivity index (χ0n) is 31.9. The topological polar surface area (TPSA) is 60.5 Å². The van der Waals surface area contributed by atoms with Crippen LogP contribution in [0.4, 0.5) is 0 Å². The van der Waals surface area contributed by atoms with Gasteiger partial charge in [-0.25, -0.2) is 0 Å². The van der Waals surface area contributed by atoms with Gasteiger partial charge in [-0.1, -0.05) is 103 Å². The van der Waals surface area contributed by atoms with Crippen molar-refractivity contribution in [2.75, 3.05) is 0 Å². The molecule has 0 fully saturated rings. The molecule has 8 aromatic rings. The summed E-state index contributed by atoms with van der Waals surface area (Å²) in [5.74, 6) is 0. The van der Waals surface area contributed by atoms with Crippen molar-refractivity contribution in [3.63, 3.8) is 0 Å². The quantitative estimate of drug-likeness (QED) is 0.0829. The molecule has 0 unspecified atom stereocenters. The van der Waals surface area contributed by atoms with Gasteiger partial charge in [-0.15, -0.1) is 16.8 Å². The summed E-state index contributed by atoms with van der Waals surface area (Å²) in [6.45, 7) is 1.65. The number of aromatic nitrogens is 1. The fraction of sp³-hybridized carbons (Fsp3) is 0.0588. The smallest absolute Gasteiger partial charge is 0.697 e. The van der Waals surface area contributed by atoms with Crippen LogP contribution in [0.5, 0.6) is 0 Å². The molecule has 1 aromatic heterocycles. The van der Waals surface area contributed by atoms with Gasteiger partial charge < -0.3 is 11.1 Å². The molecule has 2 N–H and O–H groups in total. The molecule has 0 aliphatic heterocycles. The Morgan fingerprint density at radius 3 is 1.32 bits per heavy atom. The van der Waals surface area contributed by atoms with Crippen molar-refractivity contribution in [3.8, 4) is 0 Å². The molecule has 6 heteroatoms. The van der Waals surface area contributed by atoms with Gasteiger partial charge in [0.05, 0.1) is 55.1 Å². The molecular weight excluding hydrogens is 909 g/mol. The Bertz CT molecular complexity index is 2190. The molecule has 1 heterocycles. The first-order valence-corrected chi connectivity index (χ1v) is 22.1. The maximum atomic E-state index is 7.88. The molecule has 0 radical (unpaired) electrons. The van der Waals surface area contributed by atoms with Crippen LogP contribution in [0.2, 0.25) is 0 Å². The van der Waals surface area contributed by atoms with E-state index >= 15 is 0 Å². The van der Waals surface area contributed by atoms with Crippen molar-refractivity contribution >= 4 is 59.2 Å². The first kappa shape index (κ1) is 42.8. The molecule has 0 aliphatic carbocycles. The third-order valence-electron chi connectivity index (χ3n) is 9.06. The van der Waals surface area contributed by atoms with Gasteiger partial charge in [0.1, 0.15) is 0 Å². The third kappa shape index (κ3) is 13.1. The monoisotopic (exact) mass is 955 g/mol. The van der Waals surface area contributed by atoms with Crippen LogP contribution in [0, 0.1) is 17.5 Å². The Balaban J connectivity index is 0.000000163. The summed E-state index contributed by atoms with van der Waals surface area (Å²) in [7, 11) is -1.57. The molecule has 0 bridgehead atoms. The second-order valence-corrected chi connectivity index (χ2v) is 18.1. The fourth-order valence-corrected chi connectivity index (χ4v) is 11.4. The van der Waals surface area contributed by atoms with Crippen LogP contribution in [0.15, 0.2) is 212 Å². The SMILES string of the molecule is CC(=N)/C=C(\[NH-])c1nccc2ccccc12.[Ir+3].[c-]1ccccc1C[PH+](c1ccccc1)c1ccccc1.[c-]1ccccc1C[PH+](c1ccccc1)c1ccccc1. The van der Waals surface area contributed by atoms with Gasteiger partial charge in [0, 0.05) is 17.3 Å². The summed E-state index contributed by atoms with van der Waals surface area (Å²) >= 11 is 0. The van der Waals surface area contributed by atoms with E-state index < -0.39 is 15.8 Å².